The van der Waals surface area contributed by atoms with E-state index in [-0.39, 0.29) is 17.1 Å². The molecule has 1 aliphatic rings. The van der Waals surface area contributed by atoms with Crippen LogP contribution in [0.1, 0.15) is 33.1 Å². The van der Waals surface area contributed by atoms with Crippen molar-refractivity contribution >= 4 is 23.6 Å². The molecule has 1 fully saturated rings. The first-order valence-corrected chi connectivity index (χ1v) is 6.63. The third-order valence-corrected chi connectivity index (χ3v) is 4.44. The van der Waals surface area contributed by atoms with Gasteiger partial charge in [-0.1, -0.05) is 0 Å². The Labute approximate surface area is 100 Å². The molecule has 1 aliphatic heterocycles. The van der Waals surface area contributed by atoms with E-state index in [1.165, 1.54) is 0 Å². The van der Waals surface area contributed by atoms with Gasteiger partial charge in [-0.2, -0.15) is 0 Å². The second-order valence-corrected chi connectivity index (χ2v) is 5.81. The molecule has 0 radical (unpaired) electrons. The van der Waals surface area contributed by atoms with Gasteiger partial charge in [-0.3, -0.25) is 9.59 Å². The van der Waals surface area contributed by atoms with Crippen LogP contribution in [0.3, 0.4) is 0 Å². The van der Waals surface area contributed by atoms with Gasteiger partial charge in [-0.15, -0.1) is 11.8 Å². The van der Waals surface area contributed by atoms with Crippen LogP contribution < -0.4 is 0 Å². The Morgan fingerprint density at radius 1 is 1.50 bits per heavy atom. The molecule has 1 unspecified atom stereocenters. The van der Waals surface area contributed by atoms with Crippen molar-refractivity contribution in [1.29, 1.82) is 0 Å². The summed E-state index contributed by atoms with van der Waals surface area (Å²) < 4.78 is -0.325. The summed E-state index contributed by atoms with van der Waals surface area (Å²) in [4.78, 5) is 24.4. The fraction of sp³-hybridized carbons (Fsp3) is 0.818. The lowest BCUT2D eigenvalue weighted by molar-refractivity contribution is -0.139. The highest BCUT2D eigenvalue weighted by molar-refractivity contribution is 8.01. The fourth-order valence-electron chi connectivity index (χ4n) is 1.92. The van der Waals surface area contributed by atoms with E-state index in [9.17, 15) is 9.59 Å². The van der Waals surface area contributed by atoms with Gasteiger partial charge >= 0.3 is 5.97 Å². The predicted octanol–water partition coefficient (Wildman–Crippen LogP) is 1.60. The maximum atomic E-state index is 12.2. The summed E-state index contributed by atoms with van der Waals surface area (Å²) >= 11 is 1.69. The molecule has 1 atom stereocenters. The van der Waals surface area contributed by atoms with E-state index in [4.69, 9.17) is 5.11 Å². The van der Waals surface area contributed by atoms with Crippen LogP contribution in [0.4, 0.5) is 0 Å². The Hall–Kier alpha value is -0.710. The first kappa shape index (κ1) is 13.4. The maximum Gasteiger partial charge on any atom is 0.305 e. The first-order chi connectivity index (χ1) is 7.49. The second-order valence-electron chi connectivity index (χ2n) is 4.21. The van der Waals surface area contributed by atoms with Crippen molar-refractivity contribution in [3.8, 4) is 0 Å². The highest BCUT2D eigenvalue weighted by Crippen LogP contribution is 2.39. The van der Waals surface area contributed by atoms with Gasteiger partial charge < -0.3 is 10.0 Å². The van der Waals surface area contributed by atoms with E-state index < -0.39 is 5.97 Å². The van der Waals surface area contributed by atoms with Gasteiger partial charge in [0.1, 0.15) is 0 Å². The lowest BCUT2D eigenvalue weighted by atomic mass is 10.0. The van der Waals surface area contributed by atoms with Crippen molar-refractivity contribution in [2.24, 2.45) is 0 Å². The van der Waals surface area contributed by atoms with Crippen molar-refractivity contribution < 1.29 is 14.7 Å². The summed E-state index contributed by atoms with van der Waals surface area (Å²) in [5.41, 5.74) is 0. The van der Waals surface area contributed by atoms with Crippen molar-refractivity contribution in [3.05, 3.63) is 0 Å². The van der Waals surface area contributed by atoms with E-state index in [0.717, 1.165) is 18.6 Å². The summed E-state index contributed by atoms with van der Waals surface area (Å²) in [6, 6.07) is 0. The van der Waals surface area contributed by atoms with Gasteiger partial charge in [-0.25, -0.2) is 0 Å². The molecule has 0 saturated carbocycles. The highest BCUT2D eigenvalue weighted by atomic mass is 32.2. The number of rotatable bonds is 5. The molecule has 92 valence electrons. The van der Waals surface area contributed by atoms with Gasteiger partial charge in [0, 0.05) is 13.1 Å². The van der Waals surface area contributed by atoms with E-state index in [1.807, 2.05) is 13.8 Å². The second kappa shape index (κ2) is 5.57. The average molecular weight is 245 g/mol. The smallest absolute Gasteiger partial charge is 0.305 e. The molecule has 0 spiro atoms. The van der Waals surface area contributed by atoms with Crippen LogP contribution in [-0.2, 0) is 9.59 Å². The number of carbonyl (C=O) groups is 2. The number of hydrogen-bond acceptors (Lipinski definition) is 3. The Bertz CT molecular complexity index is 274. The van der Waals surface area contributed by atoms with Gasteiger partial charge in [0.2, 0.25) is 5.91 Å². The molecule has 1 amide bonds. The van der Waals surface area contributed by atoms with Crippen LogP contribution in [0.5, 0.6) is 0 Å². The SMILES string of the molecule is CCN(CCC(=O)O)C(=O)C1(C)CCCS1. The molecule has 0 aliphatic carbocycles. The van der Waals surface area contributed by atoms with Crippen LogP contribution >= 0.6 is 11.8 Å². The molecule has 5 heteroatoms. The normalized spacial score (nSPS) is 24.4. The fourth-order valence-corrected chi connectivity index (χ4v) is 3.20. The quantitative estimate of drug-likeness (QED) is 0.799. The van der Waals surface area contributed by atoms with E-state index >= 15 is 0 Å². The molecule has 0 aromatic rings. The topological polar surface area (TPSA) is 57.6 Å². The summed E-state index contributed by atoms with van der Waals surface area (Å²) in [7, 11) is 0. The molecular weight excluding hydrogens is 226 g/mol. The summed E-state index contributed by atoms with van der Waals surface area (Å²) in [5, 5.41) is 8.63. The first-order valence-electron chi connectivity index (χ1n) is 5.64. The molecule has 16 heavy (non-hydrogen) atoms. The lowest BCUT2D eigenvalue weighted by Gasteiger charge is -2.30. The molecule has 0 aromatic heterocycles. The number of nitrogens with zero attached hydrogens (tertiary/aromatic N) is 1. The number of amides is 1. The highest BCUT2D eigenvalue weighted by Gasteiger charge is 2.39. The summed E-state index contributed by atoms with van der Waals surface area (Å²) in [6.07, 6.45) is 2.00. The van der Waals surface area contributed by atoms with Gasteiger partial charge in [-0.05, 0) is 32.4 Å². The standard InChI is InChI=1S/C11H19NO3S/c1-3-12(7-5-9(13)14)10(15)11(2)6-4-8-16-11/h3-8H2,1-2H3,(H,13,14). The zero-order chi connectivity index (χ0) is 12.2. The molecule has 0 bridgehead atoms. The zero-order valence-electron chi connectivity index (χ0n) is 9.86. The lowest BCUT2D eigenvalue weighted by Crippen LogP contribution is -2.44. The Morgan fingerprint density at radius 2 is 2.19 bits per heavy atom. The minimum absolute atomic E-state index is 0.0281. The van der Waals surface area contributed by atoms with Crippen molar-refractivity contribution in [1.82, 2.24) is 4.90 Å². The van der Waals surface area contributed by atoms with Crippen LogP contribution in [0.25, 0.3) is 0 Å². The Balaban J connectivity index is 2.58. The summed E-state index contributed by atoms with van der Waals surface area (Å²) in [5.74, 6) is 0.271. The summed E-state index contributed by atoms with van der Waals surface area (Å²) in [6.45, 7) is 4.77. The number of thioether (sulfide) groups is 1. The number of aliphatic carboxylic acids is 1. The van der Waals surface area contributed by atoms with Gasteiger partial charge in [0.15, 0.2) is 0 Å². The average Bonchev–Trinajstić information content (AvgIpc) is 2.66. The number of carbonyl (C=O) groups excluding carboxylic acids is 1. The third kappa shape index (κ3) is 3.14. The molecule has 1 saturated heterocycles. The minimum atomic E-state index is -0.851. The van der Waals surface area contributed by atoms with Crippen molar-refractivity contribution in [2.45, 2.75) is 37.9 Å². The zero-order valence-corrected chi connectivity index (χ0v) is 10.7. The number of carboxylic acids is 1. The largest absolute Gasteiger partial charge is 0.481 e. The van der Waals surface area contributed by atoms with Crippen LogP contribution in [0.15, 0.2) is 0 Å². The van der Waals surface area contributed by atoms with Crippen LogP contribution in [-0.4, -0.2) is 45.5 Å². The van der Waals surface area contributed by atoms with E-state index in [0.29, 0.717) is 13.1 Å². The van der Waals surface area contributed by atoms with Gasteiger partial charge in [0.05, 0.1) is 11.2 Å². The predicted molar refractivity (Wildman–Crippen MR) is 64.6 cm³/mol. The monoisotopic (exact) mass is 245 g/mol. The molecular formula is C11H19NO3S. The number of carboxylic acid groups (broad SMARTS) is 1. The van der Waals surface area contributed by atoms with Crippen molar-refractivity contribution in [2.75, 3.05) is 18.8 Å². The Morgan fingerprint density at radius 3 is 2.62 bits per heavy atom. The van der Waals surface area contributed by atoms with E-state index in [2.05, 4.69) is 0 Å². The number of hydrogen-bond donors (Lipinski definition) is 1. The van der Waals surface area contributed by atoms with Crippen molar-refractivity contribution in [3.63, 3.8) is 0 Å². The van der Waals surface area contributed by atoms with E-state index in [1.54, 1.807) is 16.7 Å². The molecule has 1 heterocycles. The van der Waals surface area contributed by atoms with Gasteiger partial charge in [0.25, 0.3) is 0 Å². The minimum Gasteiger partial charge on any atom is -0.481 e. The molecule has 4 nitrogen and oxygen atoms in total. The molecule has 1 N–H and O–H groups in total. The Kier molecular flexibility index (Phi) is 4.65. The third-order valence-electron chi connectivity index (χ3n) is 2.94. The maximum absolute atomic E-state index is 12.2. The van der Waals surface area contributed by atoms with Crippen LogP contribution in [0, 0.1) is 0 Å². The van der Waals surface area contributed by atoms with Crippen LogP contribution in [0.2, 0.25) is 0 Å². The molecule has 1 rings (SSSR count). The molecule has 0 aromatic carbocycles.